The summed E-state index contributed by atoms with van der Waals surface area (Å²) in [6, 6.07) is 9.59. The summed E-state index contributed by atoms with van der Waals surface area (Å²) in [6.07, 6.45) is 6.92. The first kappa shape index (κ1) is 10.5. The van der Waals surface area contributed by atoms with E-state index in [4.69, 9.17) is 4.74 Å². The highest BCUT2D eigenvalue weighted by Crippen LogP contribution is 2.08. The zero-order chi connectivity index (χ0) is 10.1. The van der Waals surface area contributed by atoms with Gasteiger partial charge in [-0.15, -0.1) is 0 Å². The normalized spacial score (nSPS) is 10.3. The molecule has 0 bridgehead atoms. The smallest absolute Gasteiger partial charge is 0.126 e. The van der Waals surface area contributed by atoms with Crippen LogP contribution in [0.3, 0.4) is 0 Å². The maximum Gasteiger partial charge on any atom is 0.126 e. The van der Waals surface area contributed by atoms with E-state index in [1.54, 1.807) is 6.26 Å². The van der Waals surface area contributed by atoms with Crippen LogP contribution in [0.25, 0.3) is 0 Å². The first-order valence-corrected chi connectivity index (χ1v) is 4.74. The van der Waals surface area contributed by atoms with Crippen molar-refractivity contribution in [1.82, 2.24) is 0 Å². The van der Waals surface area contributed by atoms with Gasteiger partial charge in [-0.2, -0.15) is 0 Å². The Balaban J connectivity index is 2.17. The van der Waals surface area contributed by atoms with Crippen molar-refractivity contribution < 1.29 is 9.53 Å². The summed E-state index contributed by atoms with van der Waals surface area (Å²) in [4.78, 5) is 10.0. The molecule has 0 fully saturated rings. The second kappa shape index (κ2) is 6.89. The minimum atomic E-state index is 0.621. The number of unbranched alkanes of at least 4 members (excludes halogenated alkanes) is 2. The number of benzene rings is 1. The fourth-order valence-electron chi connectivity index (χ4n) is 1.01. The molecule has 2 nitrogen and oxygen atoms in total. The monoisotopic (exact) mass is 190 g/mol. The van der Waals surface area contributed by atoms with Crippen molar-refractivity contribution in [2.45, 2.75) is 19.3 Å². The van der Waals surface area contributed by atoms with Crippen LogP contribution in [-0.2, 0) is 4.79 Å². The summed E-state index contributed by atoms with van der Waals surface area (Å²) >= 11 is 0. The molecule has 74 valence electrons. The highest BCUT2D eigenvalue weighted by atomic mass is 16.5. The number of hydrogen-bond acceptors (Lipinski definition) is 2. The van der Waals surface area contributed by atoms with Gasteiger partial charge in [0.1, 0.15) is 12.0 Å². The Morgan fingerprint density at radius 1 is 1.14 bits per heavy atom. The molecule has 0 spiro atoms. The maximum atomic E-state index is 10.0. The molecule has 0 unspecified atom stereocenters. The van der Waals surface area contributed by atoms with E-state index < -0.39 is 0 Å². The van der Waals surface area contributed by atoms with Gasteiger partial charge in [0.2, 0.25) is 0 Å². The van der Waals surface area contributed by atoms with E-state index in [9.17, 15) is 4.79 Å². The van der Waals surface area contributed by atoms with Crippen molar-refractivity contribution in [2.24, 2.45) is 0 Å². The molecule has 14 heavy (non-hydrogen) atoms. The van der Waals surface area contributed by atoms with E-state index in [1.807, 2.05) is 36.4 Å². The van der Waals surface area contributed by atoms with Crippen LogP contribution in [0.5, 0.6) is 5.75 Å². The van der Waals surface area contributed by atoms with E-state index in [1.165, 1.54) is 0 Å². The van der Waals surface area contributed by atoms with Crippen LogP contribution in [0.4, 0.5) is 0 Å². The average Bonchev–Trinajstić information content (AvgIpc) is 2.25. The molecular weight excluding hydrogens is 176 g/mol. The standard InChI is InChI=1S/C12H14O2/c13-10-6-1-2-7-11-14-12-8-4-3-5-9-12/h3-5,7-11H,1-2,6H2/b11-7-. The van der Waals surface area contributed by atoms with Gasteiger partial charge in [0, 0.05) is 6.42 Å². The first-order valence-electron chi connectivity index (χ1n) is 4.74. The lowest BCUT2D eigenvalue weighted by molar-refractivity contribution is -0.107. The minimum absolute atomic E-state index is 0.621. The van der Waals surface area contributed by atoms with Crippen LogP contribution < -0.4 is 4.74 Å². The molecule has 0 saturated carbocycles. The quantitative estimate of drug-likeness (QED) is 0.391. The van der Waals surface area contributed by atoms with E-state index >= 15 is 0 Å². The molecule has 1 aromatic carbocycles. The fourth-order valence-corrected chi connectivity index (χ4v) is 1.01. The zero-order valence-corrected chi connectivity index (χ0v) is 8.06. The highest BCUT2D eigenvalue weighted by Gasteiger charge is 1.85. The van der Waals surface area contributed by atoms with Crippen molar-refractivity contribution in [3.05, 3.63) is 42.7 Å². The highest BCUT2D eigenvalue weighted by molar-refractivity contribution is 5.48. The van der Waals surface area contributed by atoms with Gasteiger partial charge >= 0.3 is 0 Å². The number of carbonyl (C=O) groups excluding carboxylic acids is 1. The molecule has 0 N–H and O–H groups in total. The molecule has 0 aliphatic heterocycles. The van der Waals surface area contributed by atoms with E-state index in [0.29, 0.717) is 6.42 Å². The molecule has 0 aliphatic rings. The number of rotatable bonds is 6. The molecule has 0 heterocycles. The van der Waals surface area contributed by atoms with Crippen molar-refractivity contribution in [2.75, 3.05) is 0 Å². The molecule has 0 aromatic heterocycles. The summed E-state index contributed by atoms with van der Waals surface area (Å²) in [5.74, 6) is 0.833. The van der Waals surface area contributed by atoms with Crippen LogP contribution in [0.2, 0.25) is 0 Å². The topological polar surface area (TPSA) is 26.3 Å². The third-order valence-corrected chi connectivity index (χ3v) is 1.74. The van der Waals surface area contributed by atoms with Gasteiger partial charge in [0.05, 0.1) is 6.26 Å². The van der Waals surface area contributed by atoms with E-state index in [2.05, 4.69) is 0 Å². The van der Waals surface area contributed by atoms with Crippen LogP contribution >= 0.6 is 0 Å². The first-order chi connectivity index (χ1) is 6.93. The van der Waals surface area contributed by atoms with Gasteiger partial charge in [0.25, 0.3) is 0 Å². The molecular formula is C12H14O2. The van der Waals surface area contributed by atoms with Gasteiger partial charge in [0.15, 0.2) is 0 Å². The van der Waals surface area contributed by atoms with Gasteiger partial charge < -0.3 is 9.53 Å². The molecule has 0 atom stereocenters. The van der Waals surface area contributed by atoms with Crippen LogP contribution in [0.15, 0.2) is 42.7 Å². The van der Waals surface area contributed by atoms with Crippen LogP contribution in [-0.4, -0.2) is 6.29 Å². The van der Waals surface area contributed by atoms with Crippen LogP contribution in [0, 0.1) is 0 Å². The SMILES string of the molecule is O=CCCC/C=C\Oc1ccccc1. The number of carbonyl (C=O) groups is 1. The lowest BCUT2D eigenvalue weighted by Gasteiger charge is -1.97. The predicted octanol–water partition coefficient (Wildman–Crippen LogP) is 2.95. The number of allylic oxidation sites excluding steroid dienone is 1. The summed E-state index contributed by atoms with van der Waals surface area (Å²) in [5, 5.41) is 0. The molecule has 0 aliphatic carbocycles. The lowest BCUT2D eigenvalue weighted by Crippen LogP contribution is -1.81. The Morgan fingerprint density at radius 3 is 2.64 bits per heavy atom. The zero-order valence-electron chi connectivity index (χ0n) is 8.06. The van der Waals surface area contributed by atoms with Crippen molar-refractivity contribution >= 4 is 6.29 Å². The van der Waals surface area contributed by atoms with Crippen molar-refractivity contribution in [3.8, 4) is 5.75 Å². The van der Waals surface area contributed by atoms with Gasteiger partial charge in [-0.25, -0.2) is 0 Å². The summed E-state index contributed by atoms with van der Waals surface area (Å²) in [6.45, 7) is 0. The number of hydrogen-bond donors (Lipinski definition) is 0. The lowest BCUT2D eigenvalue weighted by atomic mass is 10.2. The molecule has 0 amide bonds. The van der Waals surface area contributed by atoms with Crippen LogP contribution in [0.1, 0.15) is 19.3 Å². The molecule has 1 aromatic rings. The average molecular weight is 190 g/mol. The fraction of sp³-hybridized carbons (Fsp3) is 0.250. The molecule has 0 saturated heterocycles. The largest absolute Gasteiger partial charge is 0.465 e. The Bertz CT molecular complexity index is 278. The summed E-state index contributed by atoms with van der Waals surface area (Å²) in [5.41, 5.74) is 0. The molecule has 0 radical (unpaired) electrons. The second-order valence-corrected chi connectivity index (χ2v) is 2.90. The van der Waals surface area contributed by atoms with Crippen molar-refractivity contribution in [3.63, 3.8) is 0 Å². The van der Waals surface area contributed by atoms with E-state index in [-0.39, 0.29) is 0 Å². The second-order valence-electron chi connectivity index (χ2n) is 2.90. The molecule has 2 heteroatoms. The predicted molar refractivity (Wildman–Crippen MR) is 56.1 cm³/mol. The summed E-state index contributed by atoms with van der Waals surface area (Å²) in [7, 11) is 0. The molecule has 1 rings (SSSR count). The summed E-state index contributed by atoms with van der Waals surface area (Å²) < 4.78 is 5.32. The Kier molecular flexibility index (Phi) is 5.18. The third-order valence-electron chi connectivity index (χ3n) is 1.74. The third kappa shape index (κ3) is 4.45. The van der Waals surface area contributed by atoms with Gasteiger partial charge in [-0.3, -0.25) is 0 Å². The van der Waals surface area contributed by atoms with Gasteiger partial charge in [-0.1, -0.05) is 18.2 Å². The van der Waals surface area contributed by atoms with Crippen molar-refractivity contribution in [1.29, 1.82) is 0 Å². The maximum absolute atomic E-state index is 10.0. The number of ether oxygens (including phenoxy) is 1. The van der Waals surface area contributed by atoms with Gasteiger partial charge in [-0.05, 0) is 31.1 Å². The Labute approximate surface area is 84.2 Å². The Morgan fingerprint density at radius 2 is 1.93 bits per heavy atom. The van der Waals surface area contributed by atoms with E-state index in [0.717, 1.165) is 24.9 Å². The number of aldehydes is 1. The number of para-hydroxylation sites is 1. The Hall–Kier alpha value is -1.57. The minimum Gasteiger partial charge on any atom is -0.465 e.